The molecule has 1 aromatic carbocycles. The molecule has 1 heterocycles. The van der Waals surface area contributed by atoms with Crippen LogP contribution in [0.15, 0.2) is 18.3 Å². The molecular formula is C16H15F3IN3O3. The van der Waals surface area contributed by atoms with Crippen molar-refractivity contribution in [2.75, 3.05) is 18.5 Å². The third-order valence-electron chi connectivity index (χ3n) is 3.26. The van der Waals surface area contributed by atoms with Gasteiger partial charge in [-0.3, -0.25) is 9.63 Å². The van der Waals surface area contributed by atoms with Crippen molar-refractivity contribution in [1.29, 1.82) is 0 Å². The summed E-state index contributed by atoms with van der Waals surface area (Å²) in [6.45, 7) is 1.53. The molecule has 0 aliphatic heterocycles. The number of anilines is 2. The first-order chi connectivity index (χ1) is 12.3. The summed E-state index contributed by atoms with van der Waals surface area (Å²) in [6.07, 6.45) is 1.74. The second-order valence-electron chi connectivity index (χ2n) is 5.21. The molecule has 0 bridgehead atoms. The van der Waals surface area contributed by atoms with Crippen LogP contribution in [0.5, 0.6) is 0 Å². The van der Waals surface area contributed by atoms with Crippen LogP contribution in [0, 0.1) is 27.9 Å². The predicted octanol–water partition coefficient (Wildman–Crippen LogP) is 3.20. The van der Waals surface area contributed by atoms with Crippen LogP contribution in [0.3, 0.4) is 0 Å². The predicted molar refractivity (Wildman–Crippen MR) is 96.4 cm³/mol. The number of benzene rings is 1. The molecule has 0 aliphatic rings. The highest BCUT2D eigenvalue weighted by Gasteiger charge is 2.24. The van der Waals surface area contributed by atoms with Crippen molar-refractivity contribution < 1.29 is 27.9 Å². The number of rotatable bonds is 7. The van der Waals surface area contributed by atoms with Gasteiger partial charge in [-0.15, -0.1) is 0 Å². The Labute approximate surface area is 160 Å². The number of aliphatic hydroxyl groups excluding tert-OH is 1. The Morgan fingerprint density at radius 2 is 2.04 bits per heavy atom. The minimum Gasteiger partial charge on any atom is -0.396 e. The van der Waals surface area contributed by atoms with E-state index in [1.165, 1.54) is 6.20 Å². The van der Waals surface area contributed by atoms with Crippen molar-refractivity contribution in [2.45, 2.75) is 13.3 Å². The molecule has 26 heavy (non-hydrogen) atoms. The van der Waals surface area contributed by atoms with E-state index in [4.69, 9.17) is 9.94 Å². The molecule has 0 spiro atoms. The number of halogens is 4. The lowest BCUT2D eigenvalue weighted by Gasteiger charge is -2.15. The molecule has 0 atom stereocenters. The summed E-state index contributed by atoms with van der Waals surface area (Å²) in [5.41, 5.74) is 1.55. The van der Waals surface area contributed by atoms with Crippen LogP contribution < -0.4 is 10.8 Å². The van der Waals surface area contributed by atoms with Gasteiger partial charge in [-0.25, -0.2) is 23.6 Å². The Kier molecular flexibility index (Phi) is 7.17. The highest BCUT2D eigenvalue weighted by Crippen LogP contribution is 2.29. The minimum atomic E-state index is -1.71. The summed E-state index contributed by atoms with van der Waals surface area (Å²) in [6, 6.07) is 2.30. The van der Waals surface area contributed by atoms with Gasteiger partial charge in [-0.05, 0) is 53.6 Å². The SMILES string of the molecule is Cc1cc(I)cnc1Nc1c(C(=O)NOCCCO)cc(F)c(F)c1F. The number of aryl methyl sites for hydroxylation is 1. The molecule has 0 saturated carbocycles. The number of hydrogen-bond donors (Lipinski definition) is 3. The monoisotopic (exact) mass is 481 g/mol. The van der Waals surface area contributed by atoms with Crippen LogP contribution in [0.25, 0.3) is 0 Å². The first-order valence-corrected chi connectivity index (χ1v) is 8.52. The molecule has 0 unspecified atom stereocenters. The Hall–Kier alpha value is -1.92. The zero-order chi connectivity index (χ0) is 19.3. The summed E-state index contributed by atoms with van der Waals surface area (Å²) in [7, 11) is 0. The van der Waals surface area contributed by atoms with Crippen molar-refractivity contribution >= 4 is 40.0 Å². The average Bonchev–Trinajstić information content (AvgIpc) is 2.60. The van der Waals surface area contributed by atoms with E-state index in [0.29, 0.717) is 11.6 Å². The average molecular weight is 481 g/mol. The fourth-order valence-corrected chi connectivity index (χ4v) is 2.60. The van der Waals surface area contributed by atoms with Gasteiger partial charge in [0.05, 0.1) is 17.9 Å². The van der Waals surface area contributed by atoms with E-state index in [2.05, 4.69) is 10.3 Å². The molecular weight excluding hydrogens is 466 g/mol. The topological polar surface area (TPSA) is 83.5 Å². The number of aliphatic hydroxyl groups is 1. The molecule has 10 heteroatoms. The summed E-state index contributed by atoms with van der Waals surface area (Å²) < 4.78 is 42.3. The second kappa shape index (κ2) is 9.14. The molecule has 1 aromatic heterocycles. The summed E-state index contributed by atoms with van der Waals surface area (Å²) in [5.74, 6) is -5.57. The molecule has 3 N–H and O–H groups in total. The van der Waals surface area contributed by atoms with Gasteiger partial charge >= 0.3 is 0 Å². The maximum Gasteiger partial charge on any atom is 0.277 e. The lowest BCUT2D eigenvalue weighted by molar-refractivity contribution is 0.0262. The lowest BCUT2D eigenvalue weighted by Crippen LogP contribution is -2.26. The molecule has 6 nitrogen and oxygen atoms in total. The van der Waals surface area contributed by atoms with Gasteiger partial charge in [-0.1, -0.05) is 0 Å². The van der Waals surface area contributed by atoms with Gasteiger partial charge in [-0.2, -0.15) is 0 Å². The third kappa shape index (κ3) is 4.83. The van der Waals surface area contributed by atoms with E-state index in [-0.39, 0.29) is 25.5 Å². The van der Waals surface area contributed by atoms with Crippen LogP contribution in [-0.2, 0) is 4.84 Å². The quantitative estimate of drug-likeness (QED) is 0.245. The van der Waals surface area contributed by atoms with Crippen molar-refractivity contribution in [3.8, 4) is 0 Å². The molecule has 2 rings (SSSR count). The molecule has 0 aliphatic carbocycles. The summed E-state index contributed by atoms with van der Waals surface area (Å²) in [4.78, 5) is 21.0. The molecule has 2 aromatic rings. The highest BCUT2D eigenvalue weighted by atomic mass is 127. The van der Waals surface area contributed by atoms with Crippen LogP contribution in [0.1, 0.15) is 22.3 Å². The van der Waals surface area contributed by atoms with Gasteiger partial charge < -0.3 is 10.4 Å². The maximum absolute atomic E-state index is 14.3. The molecule has 0 radical (unpaired) electrons. The number of amides is 1. The summed E-state index contributed by atoms with van der Waals surface area (Å²) >= 11 is 2.04. The van der Waals surface area contributed by atoms with Crippen molar-refractivity contribution in [3.63, 3.8) is 0 Å². The Morgan fingerprint density at radius 3 is 2.69 bits per heavy atom. The van der Waals surface area contributed by atoms with Crippen molar-refractivity contribution in [2.24, 2.45) is 0 Å². The van der Waals surface area contributed by atoms with E-state index >= 15 is 0 Å². The van der Waals surface area contributed by atoms with E-state index in [9.17, 15) is 18.0 Å². The van der Waals surface area contributed by atoms with Gasteiger partial charge in [0.25, 0.3) is 5.91 Å². The third-order valence-corrected chi connectivity index (χ3v) is 3.85. The fraction of sp³-hybridized carbons (Fsp3) is 0.250. The number of carbonyl (C=O) groups is 1. The highest BCUT2D eigenvalue weighted by molar-refractivity contribution is 14.1. The van der Waals surface area contributed by atoms with E-state index < -0.39 is 34.6 Å². The first-order valence-electron chi connectivity index (χ1n) is 7.44. The molecule has 0 saturated heterocycles. The number of nitrogens with one attached hydrogen (secondary N) is 2. The van der Waals surface area contributed by atoms with E-state index in [0.717, 1.165) is 3.57 Å². The Balaban J connectivity index is 2.36. The van der Waals surface area contributed by atoms with Crippen LogP contribution >= 0.6 is 22.6 Å². The second-order valence-corrected chi connectivity index (χ2v) is 6.46. The molecule has 1 amide bonds. The number of hydrogen-bond acceptors (Lipinski definition) is 5. The standard InChI is InChI=1S/C16H15F3IN3O3/c1-8-5-9(20)7-21-15(8)22-14-10(6-11(17)12(18)13(14)19)16(25)23-26-4-2-3-24/h5-7,24H,2-4H2,1H3,(H,21,22)(H,23,25). The normalized spacial score (nSPS) is 10.7. The number of carbonyl (C=O) groups excluding carboxylic acids is 1. The van der Waals surface area contributed by atoms with E-state index in [1.807, 2.05) is 28.1 Å². The lowest BCUT2D eigenvalue weighted by atomic mass is 10.1. The number of aromatic nitrogens is 1. The largest absolute Gasteiger partial charge is 0.396 e. The molecule has 0 fully saturated rings. The van der Waals surface area contributed by atoms with Crippen molar-refractivity contribution in [1.82, 2.24) is 10.5 Å². The summed E-state index contributed by atoms with van der Waals surface area (Å²) in [5, 5.41) is 11.2. The number of pyridine rings is 1. The molecule has 140 valence electrons. The van der Waals surface area contributed by atoms with Crippen LogP contribution in [-0.4, -0.2) is 29.2 Å². The van der Waals surface area contributed by atoms with Crippen LogP contribution in [0.2, 0.25) is 0 Å². The van der Waals surface area contributed by atoms with Crippen molar-refractivity contribution in [3.05, 3.63) is 50.5 Å². The fourth-order valence-electron chi connectivity index (χ4n) is 1.99. The first kappa shape index (κ1) is 20.4. The van der Waals surface area contributed by atoms with E-state index in [1.54, 1.807) is 13.0 Å². The zero-order valence-corrected chi connectivity index (χ0v) is 15.7. The maximum atomic E-state index is 14.3. The number of nitrogens with zero attached hydrogens (tertiary/aromatic N) is 1. The Bertz CT molecular complexity index is 821. The van der Waals surface area contributed by atoms with Gasteiger partial charge in [0, 0.05) is 16.4 Å². The van der Waals surface area contributed by atoms with Gasteiger partial charge in [0.2, 0.25) is 0 Å². The van der Waals surface area contributed by atoms with Gasteiger partial charge in [0.15, 0.2) is 17.5 Å². The zero-order valence-electron chi connectivity index (χ0n) is 13.6. The Morgan fingerprint density at radius 1 is 1.31 bits per heavy atom. The smallest absolute Gasteiger partial charge is 0.277 e. The van der Waals surface area contributed by atoms with Gasteiger partial charge in [0.1, 0.15) is 5.82 Å². The number of hydroxylamine groups is 1. The van der Waals surface area contributed by atoms with Crippen LogP contribution in [0.4, 0.5) is 24.7 Å². The minimum absolute atomic E-state index is 0.00501.